The van der Waals surface area contributed by atoms with E-state index < -0.39 is 29.2 Å². The number of aliphatic hydroxyl groups excluding tert-OH is 1. The third-order valence-corrected chi connectivity index (χ3v) is 5.25. The normalized spacial score (nSPS) is 15.6. The Labute approximate surface area is 186 Å². The quantitative estimate of drug-likeness (QED) is 0.190. The number of ketones is 1. The largest absolute Gasteiger partial charge is 0.466 e. The van der Waals surface area contributed by atoms with Crippen molar-refractivity contribution in [1.29, 1.82) is 0 Å². The van der Waals surface area contributed by atoms with Gasteiger partial charge in [0, 0.05) is 12.5 Å². The standard InChI is InChI=1S/C22H43N2O7/c1-7-17(19(26)15-29-11-9-24(4,5)6)13-18(20(27)30-8-2)14-22(3,16-23)21(28)31-12-10-25/h17-18,25H,7-16,23H2,1-6H3/q+1. The van der Waals surface area contributed by atoms with Crippen LogP contribution in [0.15, 0.2) is 0 Å². The summed E-state index contributed by atoms with van der Waals surface area (Å²) >= 11 is 0. The maximum absolute atomic E-state index is 12.7. The summed E-state index contributed by atoms with van der Waals surface area (Å²) in [7, 11) is 6.14. The van der Waals surface area contributed by atoms with Crippen molar-refractivity contribution in [3.8, 4) is 0 Å². The minimum Gasteiger partial charge on any atom is -0.466 e. The predicted molar refractivity (Wildman–Crippen MR) is 117 cm³/mol. The van der Waals surface area contributed by atoms with Gasteiger partial charge in [-0.05, 0) is 33.1 Å². The molecule has 0 aromatic rings. The molecule has 3 atom stereocenters. The van der Waals surface area contributed by atoms with Gasteiger partial charge in [0.25, 0.3) is 0 Å². The smallest absolute Gasteiger partial charge is 0.313 e. The van der Waals surface area contributed by atoms with Crippen molar-refractivity contribution in [3.05, 3.63) is 0 Å². The Kier molecular flexibility index (Phi) is 13.8. The molecule has 0 aromatic heterocycles. The van der Waals surface area contributed by atoms with Crippen molar-refractivity contribution >= 4 is 17.7 Å². The molecule has 9 nitrogen and oxygen atoms in total. The predicted octanol–water partition coefficient (Wildman–Crippen LogP) is 0.765. The summed E-state index contributed by atoms with van der Waals surface area (Å²) in [5.74, 6) is -2.20. The highest BCUT2D eigenvalue weighted by Gasteiger charge is 2.40. The van der Waals surface area contributed by atoms with Crippen LogP contribution < -0.4 is 5.73 Å². The topological polar surface area (TPSA) is 125 Å². The first-order chi connectivity index (χ1) is 14.4. The fourth-order valence-corrected chi connectivity index (χ4v) is 3.13. The second-order valence-corrected chi connectivity index (χ2v) is 9.15. The van der Waals surface area contributed by atoms with Crippen molar-refractivity contribution in [2.24, 2.45) is 23.0 Å². The minimum absolute atomic E-state index is 0.0131. The Morgan fingerprint density at radius 3 is 2.19 bits per heavy atom. The Hall–Kier alpha value is -1.55. The third kappa shape index (κ3) is 11.6. The number of quaternary nitrogens is 1. The maximum atomic E-state index is 12.7. The van der Waals surface area contributed by atoms with E-state index in [2.05, 4.69) is 0 Å². The highest BCUT2D eigenvalue weighted by atomic mass is 16.5. The number of likely N-dealkylation sites (N-methyl/N-ethyl adjacent to an activating group) is 1. The van der Waals surface area contributed by atoms with E-state index in [0.29, 0.717) is 13.0 Å². The molecule has 0 saturated carbocycles. The highest BCUT2D eigenvalue weighted by Crippen LogP contribution is 2.32. The Morgan fingerprint density at radius 2 is 1.71 bits per heavy atom. The van der Waals surface area contributed by atoms with E-state index in [-0.39, 0.29) is 51.6 Å². The van der Waals surface area contributed by atoms with Crippen LogP contribution in [0.3, 0.4) is 0 Å². The molecule has 0 aromatic carbocycles. The number of esters is 2. The number of nitrogens with zero attached hydrogens (tertiary/aromatic N) is 1. The summed E-state index contributed by atoms with van der Waals surface area (Å²) in [6.07, 6.45) is 0.885. The molecule has 0 heterocycles. The van der Waals surface area contributed by atoms with Gasteiger partial charge in [-0.25, -0.2) is 0 Å². The summed E-state index contributed by atoms with van der Waals surface area (Å²) < 4.78 is 16.5. The van der Waals surface area contributed by atoms with Gasteiger partial charge in [-0.15, -0.1) is 0 Å². The molecule has 0 bridgehead atoms. The van der Waals surface area contributed by atoms with Crippen molar-refractivity contribution in [2.45, 2.75) is 40.0 Å². The zero-order chi connectivity index (χ0) is 24.1. The van der Waals surface area contributed by atoms with Crippen LogP contribution in [0.25, 0.3) is 0 Å². The summed E-state index contributed by atoms with van der Waals surface area (Å²) in [6, 6.07) is 0. The van der Waals surface area contributed by atoms with E-state index in [4.69, 9.17) is 25.1 Å². The van der Waals surface area contributed by atoms with Crippen LogP contribution >= 0.6 is 0 Å². The molecule has 0 fully saturated rings. The zero-order valence-electron chi connectivity index (χ0n) is 20.1. The molecule has 0 aliphatic heterocycles. The number of carbonyl (C=O) groups excluding carboxylic acids is 3. The van der Waals surface area contributed by atoms with Gasteiger partial charge in [0.2, 0.25) is 0 Å². The molecule has 31 heavy (non-hydrogen) atoms. The fourth-order valence-electron chi connectivity index (χ4n) is 3.13. The summed E-state index contributed by atoms with van der Waals surface area (Å²) in [5.41, 5.74) is 4.71. The van der Waals surface area contributed by atoms with Crippen molar-refractivity contribution in [3.63, 3.8) is 0 Å². The third-order valence-electron chi connectivity index (χ3n) is 5.25. The van der Waals surface area contributed by atoms with Crippen LogP contribution in [0.5, 0.6) is 0 Å². The molecule has 0 saturated heterocycles. The Balaban J connectivity index is 5.23. The second kappa shape index (κ2) is 14.5. The number of Topliss-reactive ketones (excluding diaryl/α,β-unsaturated/α-hetero) is 1. The van der Waals surface area contributed by atoms with E-state index in [1.165, 1.54) is 0 Å². The molecule has 3 unspecified atom stereocenters. The van der Waals surface area contributed by atoms with Gasteiger partial charge in [-0.3, -0.25) is 14.4 Å². The first-order valence-electron chi connectivity index (χ1n) is 11.0. The van der Waals surface area contributed by atoms with Crippen molar-refractivity contribution in [2.75, 3.05) is 67.3 Å². The molecule has 0 aliphatic carbocycles. The lowest BCUT2D eigenvalue weighted by atomic mass is 9.77. The first kappa shape index (κ1) is 29.5. The number of aliphatic hydroxyl groups is 1. The number of nitrogens with two attached hydrogens (primary N) is 1. The molecule has 0 aliphatic rings. The molecule has 0 radical (unpaired) electrons. The Bertz CT molecular complexity index is 563. The van der Waals surface area contributed by atoms with E-state index >= 15 is 0 Å². The monoisotopic (exact) mass is 447 g/mol. The van der Waals surface area contributed by atoms with Gasteiger partial charge in [-0.1, -0.05) is 6.92 Å². The first-order valence-corrected chi connectivity index (χ1v) is 11.0. The summed E-state index contributed by atoms with van der Waals surface area (Å²) in [5, 5.41) is 8.91. The molecule has 0 rings (SSSR count). The van der Waals surface area contributed by atoms with Gasteiger partial charge < -0.3 is 29.5 Å². The summed E-state index contributed by atoms with van der Waals surface area (Å²) in [6.45, 7) is 6.17. The number of hydrogen-bond acceptors (Lipinski definition) is 8. The zero-order valence-corrected chi connectivity index (χ0v) is 20.1. The number of rotatable bonds is 17. The lowest BCUT2D eigenvalue weighted by Gasteiger charge is -2.30. The van der Waals surface area contributed by atoms with Crippen LogP contribution in [0.4, 0.5) is 0 Å². The Morgan fingerprint density at radius 1 is 1.06 bits per heavy atom. The van der Waals surface area contributed by atoms with E-state index in [9.17, 15) is 14.4 Å². The number of carbonyl (C=O) groups is 3. The van der Waals surface area contributed by atoms with Gasteiger partial charge in [0.1, 0.15) is 19.8 Å². The average molecular weight is 448 g/mol. The molecular weight excluding hydrogens is 404 g/mol. The molecule has 0 amide bonds. The second-order valence-electron chi connectivity index (χ2n) is 9.15. The van der Waals surface area contributed by atoms with Crippen LogP contribution in [-0.4, -0.2) is 94.6 Å². The maximum Gasteiger partial charge on any atom is 0.313 e. The van der Waals surface area contributed by atoms with Crippen LogP contribution in [0.2, 0.25) is 0 Å². The molecular formula is C22H43N2O7+. The molecule has 182 valence electrons. The van der Waals surface area contributed by atoms with E-state index in [1.807, 2.05) is 28.1 Å². The van der Waals surface area contributed by atoms with Crippen LogP contribution in [0.1, 0.15) is 40.0 Å². The lowest BCUT2D eigenvalue weighted by molar-refractivity contribution is -0.870. The highest BCUT2D eigenvalue weighted by molar-refractivity contribution is 5.83. The van der Waals surface area contributed by atoms with E-state index in [0.717, 1.165) is 11.0 Å². The van der Waals surface area contributed by atoms with Crippen molar-refractivity contribution in [1.82, 2.24) is 0 Å². The van der Waals surface area contributed by atoms with Gasteiger partial charge in [0.05, 0.1) is 52.3 Å². The minimum atomic E-state index is -1.13. The number of ether oxygens (including phenoxy) is 3. The molecule has 0 spiro atoms. The van der Waals surface area contributed by atoms with Gasteiger partial charge in [-0.2, -0.15) is 0 Å². The SMILES string of the molecule is CCOC(=O)C(CC(CC)C(=O)COCC[N+](C)(C)C)CC(C)(CN)C(=O)OCCO. The van der Waals surface area contributed by atoms with Crippen LogP contribution in [0, 0.1) is 17.3 Å². The average Bonchev–Trinajstić information content (AvgIpc) is 2.71. The van der Waals surface area contributed by atoms with Gasteiger partial charge in [0.15, 0.2) is 5.78 Å². The summed E-state index contributed by atoms with van der Waals surface area (Å²) in [4.78, 5) is 37.8. The van der Waals surface area contributed by atoms with Crippen molar-refractivity contribution < 1.29 is 38.2 Å². The van der Waals surface area contributed by atoms with Gasteiger partial charge >= 0.3 is 11.9 Å². The lowest BCUT2D eigenvalue weighted by Crippen LogP contribution is -2.41. The van der Waals surface area contributed by atoms with Crippen LogP contribution in [-0.2, 0) is 28.6 Å². The van der Waals surface area contributed by atoms with E-state index in [1.54, 1.807) is 13.8 Å². The molecule has 3 N–H and O–H groups in total. The fraction of sp³-hybridized carbons (Fsp3) is 0.864. The molecule has 9 heteroatoms. The number of hydrogen-bond donors (Lipinski definition) is 2.